The minimum absolute atomic E-state index is 0.0676. The Morgan fingerprint density at radius 2 is 1.79 bits per heavy atom. The number of hydrogen-bond donors (Lipinski definition) is 2. The highest BCUT2D eigenvalue weighted by Gasteiger charge is 2.59. The normalized spacial score (nSPS) is 33.6. The second-order valence-electron chi connectivity index (χ2n) is 9.94. The highest BCUT2D eigenvalue weighted by molar-refractivity contribution is 5.85. The molecule has 1 aromatic rings. The van der Waals surface area contributed by atoms with Crippen LogP contribution in [0.4, 0.5) is 0 Å². The molecule has 5 rings (SSSR count). The number of ether oxygens (including phenoxy) is 1. The summed E-state index contributed by atoms with van der Waals surface area (Å²) >= 11 is 0. The largest absolute Gasteiger partial charge is 0.481 e. The monoisotopic (exact) mass is 385 g/mol. The highest BCUT2D eigenvalue weighted by Crippen LogP contribution is 2.60. The third kappa shape index (κ3) is 3.19. The van der Waals surface area contributed by atoms with Crippen molar-refractivity contribution in [1.29, 1.82) is 0 Å². The van der Waals surface area contributed by atoms with Crippen LogP contribution in [0.1, 0.15) is 57.1 Å². The summed E-state index contributed by atoms with van der Waals surface area (Å²) in [4.78, 5) is 25.0. The summed E-state index contributed by atoms with van der Waals surface area (Å²) in [5, 5.41) is 13.0. The van der Waals surface area contributed by atoms with Gasteiger partial charge in [0, 0.05) is 6.04 Å². The number of nitrogens with one attached hydrogen (secondary N) is 1. The fourth-order valence-electron chi connectivity index (χ4n) is 5.99. The predicted octanol–water partition coefficient (Wildman–Crippen LogP) is 3.86. The Morgan fingerprint density at radius 1 is 1.14 bits per heavy atom. The average Bonchev–Trinajstić information content (AvgIpc) is 2.60. The summed E-state index contributed by atoms with van der Waals surface area (Å²) in [7, 11) is 0. The molecule has 4 saturated carbocycles. The van der Waals surface area contributed by atoms with Gasteiger partial charge >= 0.3 is 5.97 Å². The van der Waals surface area contributed by atoms with E-state index in [2.05, 4.69) is 5.32 Å². The van der Waals surface area contributed by atoms with Crippen LogP contribution in [0.15, 0.2) is 18.2 Å². The molecule has 4 aliphatic rings. The molecule has 2 N–H and O–H groups in total. The molecule has 4 fully saturated rings. The molecule has 1 amide bonds. The second kappa shape index (κ2) is 6.50. The van der Waals surface area contributed by atoms with E-state index in [1.807, 2.05) is 32.0 Å². The summed E-state index contributed by atoms with van der Waals surface area (Å²) in [6, 6.07) is 6.06. The molecule has 2 unspecified atom stereocenters. The van der Waals surface area contributed by atoms with Gasteiger partial charge in [-0.15, -0.1) is 0 Å². The summed E-state index contributed by atoms with van der Waals surface area (Å²) in [6.07, 6.45) is 4.28. The molecule has 0 saturated heterocycles. The number of aryl methyl sites for hydroxylation is 2. The summed E-state index contributed by atoms with van der Waals surface area (Å²) in [5.74, 6) is 1.01. The number of carboxylic acid groups (broad SMARTS) is 1. The number of amides is 1. The Labute approximate surface area is 166 Å². The maximum absolute atomic E-state index is 13.1. The van der Waals surface area contributed by atoms with Crippen molar-refractivity contribution in [3.63, 3.8) is 0 Å². The van der Waals surface area contributed by atoms with E-state index in [1.54, 1.807) is 13.8 Å². The van der Waals surface area contributed by atoms with E-state index in [9.17, 15) is 14.7 Å². The van der Waals surface area contributed by atoms with Gasteiger partial charge < -0.3 is 15.2 Å². The lowest BCUT2D eigenvalue weighted by molar-refractivity contribution is -0.168. The molecule has 0 spiro atoms. The third-order valence-corrected chi connectivity index (χ3v) is 7.28. The van der Waals surface area contributed by atoms with E-state index >= 15 is 0 Å². The molecular weight excluding hydrogens is 354 g/mol. The van der Waals surface area contributed by atoms with E-state index in [0.29, 0.717) is 18.8 Å². The lowest BCUT2D eigenvalue weighted by atomic mass is 9.48. The SMILES string of the molecule is Cc1ccc(C)c(OC(C)(C)C(=O)NC2C3CC4CC2CC(C(=O)O)(C4)C3)c1. The van der Waals surface area contributed by atoms with E-state index in [-0.39, 0.29) is 23.8 Å². The van der Waals surface area contributed by atoms with E-state index in [0.717, 1.165) is 36.1 Å². The Balaban J connectivity index is 1.48. The quantitative estimate of drug-likeness (QED) is 0.807. The molecule has 0 heterocycles. The van der Waals surface area contributed by atoms with Gasteiger partial charge in [-0.2, -0.15) is 0 Å². The van der Waals surface area contributed by atoms with Crippen molar-refractivity contribution in [3.05, 3.63) is 29.3 Å². The fraction of sp³-hybridized carbons (Fsp3) is 0.652. The van der Waals surface area contributed by atoms with Crippen LogP contribution in [-0.2, 0) is 9.59 Å². The van der Waals surface area contributed by atoms with Crippen LogP contribution in [-0.4, -0.2) is 28.6 Å². The van der Waals surface area contributed by atoms with E-state index in [4.69, 9.17) is 4.74 Å². The first kappa shape index (κ1) is 19.3. The molecular formula is C23H31NO4. The molecule has 4 aliphatic carbocycles. The van der Waals surface area contributed by atoms with Crippen LogP contribution in [0.5, 0.6) is 5.75 Å². The number of carbonyl (C=O) groups excluding carboxylic acids is 1. The number of aliphatic carboxylic acids is 1. The van der Waals surface area contributed by atoms with Crippen LogP contribution >= 0.6 is 0 Å². The molecule has 0 aromatic heterocycles. The molecule has 1 aromatic carbocycles. The van der Waals surface area contributed by atoms with Gasteiger partial charge in [-0.25, -0.2) is 0 Å². The van der Waals surface area contributed by atoms with Crippen molar-refractivity contribution in [3.8, 4) is 5.75 Å². The molecule has 152 valence electrons. The van der Waals surface area contributed by atoms with Crippen LogP contribution in [0.2, 0.25) is 0 Å². The fourth-order valence-corrected chi connectivity index (χ4v) is 5.99. The van der Waals surface area contributed by atoms with Crippen molar-refractivity contribution in [2.24, 2.45) is 23.2 Å². The number of rotatable bonds is 5. The maximum Gasteiger partial charge on any atom is 0.309 e. The average molecular weight is 386 g/mol. The summed E-state index contributed by atoms with van der Waals surface area (Å²) < 4.78 is 6.12. The Bertz CT molecular complexity index is 799. The first-order chi connectivity index (χ1) is 13.1. The third-order valence-electron chi connectivity index (χ3n) is 7.28. The van der Waals surface area contributed by atoms with Crippen LogP contribution in [0, 0.1) is 37.0 Å². The van der Waals surface area contributed by atoms with Crippen molar-refractivity contribution in [2.45, 2.75) is 71.4 Å². The van der Waals surface area contributed by atoms with Gasteiger partial charge in [-0.3, -0.25) is 9.59 Å². The van der Waals surface area contributed by atoms with Gasteiger partial charge in [0.25, 0.3) is 5.91 Å². The van der Waals surface area contributed by atoms with Crippen molar-refractivity contribution >= 4 is 11.9 Å². The summed E-state index contributed by atoms with van der Waals surface area (Å²) in [6.45, 7) is 7.59. The van der Waals surface area contributed by atoms with Gasteiger partial charge in [0.2, 0.25) is 0 Å². The first-order valence-electron chi connectivity index (χ1n) is 10.4. The Hall–Kier alpha value is -2.04. The maximum atomic E-state index is 13.1. The Kier molecular flexibility index (Phi) is 4.48. The zero-order valence-electron chi connectivity index (χ0n) is 17.2. The Morgan fingerprint density at radius 3 is 2.39 bits per heavy atom. The van der Waals surface area contributed by atoms with Crippen LogP contribution < -0.4 is 10.1 Å². The van der Waals surface area contributed by atoms with Gasteiger partial charge in [-0.1, -0.05) is 12.1 Å². The van der Waals surface area contributed by atoms with Gasteiger partial charge in [0.05, 0.1) is 5.41 Å². The first-order valence-corrected chi connectivity index (χ1v) is 10.4. The number of carbonyl (C=O) groups is 2. The van der Waals surface area contributed by atoms with Crippen molar-refractivity contribution in [2.75, 3.05) is 0 Å². The van der Waals surface area contributed by atoms with E-state index in [1.165, 1.54) is 0 Å². The zero-order chi connectivity index (χ0) is 20.3. The van der Waals surface area contributed by atoms with Crippen molar-refractivity contribution < 1.29 is 19.4 Å². The number of carboxylic acids is 1. The number of hydrogen-bond acceptors (Lipinski definition) is 3. The zero-order valence-corrected chi connectivity index (χ0v) is 17.2. The summed E-state index contributed by atoms with van der Waals surface area (Å²) in [5.41, 5.74) is 0.557. The topological polar surface area (TPSA) is 75.6 Å². The van der Waals surface area contributed by atoms with Gasteiger partial charge in [0.1, 0.15) is 5.75 Å². The molecule has 5 nitrogen and oxygen atoms in total. The highest BCUT2D eigenvalue weighted by atomic mass is 16.5. The molecule has 0 radical (unpaired) electrons. The predicted molar refractivity (Wildman–Crippen MR) is 106 cm³/mol. The second-order valence-corrected chi connectivity index (χ2v) is 9.94. The number of benzene rings is 1. The van der Waals surface area contributed by atoms with Crippen LogP contribution in [0.25, 0.3) is 0 Å². The lowest BCUT2D eigenvalue weighted by Gasteiger charge is -2.58. The minimum atomic E-state index is -0.988. The van der Waals surface area contributed by atoms with Gasteiger partial charge in [-0.05, 0) is 94.7 Å². The molecule has 4 bridgehead atoms. The molecule has 0 aliphatic heterocycles. The van der Waals surface area contributed by atoms with E-state index < -0.39 is 17.0 Å². The lowest BCUT2D eigenvalue weighted by Crippen LogP contribution is -2.63. The smallest absolute Gasteiger partial charge is 0.309 e. The molecule has 5 heteroatoms. The molecule has 2 atom stereocenters. The van der Waals surface area contributed by atoms with Crippen molar-refractivity contribution in [1.82, 2.24) is 5.32 Å². The minimum Gasteiger partial charge on any atom is -0.481 e. The standard InChI is InChI=1S/C23H31NO4/c1-13-5-6-14(2)18(7-13)28-22(3,4)20(25)24-19-16-8-15-9-17(19)12-23(10-15,11-16)21(26)27/h5-7,15-17,19H,8-12H2,1-4H3,(H,24,25)(H,26,27). The van der Waals surface area contributed by atoms with Crippen LogP contribution in [0.3, 0.4) is 0 Å². The molecule has 28 heavy (non-hydrogen) atoms. The van der Waals surface area contributed by atoms with Gasteiger partial charge in [0.15, 0.2) is 5.60 Å².